The number of hydrogen-bond acceptors (Lipinski definition) is 2. The molecule has 0 aliphatic heterocycles. The minimum Gasteiger partial charge on any atom is -0.158 e. The summed E-state index contributed by atoms with van der Waals surface area (Å²) in [5, 5.41) is 8.82. The smallest absolute Gasteiger partial charge is 0.101 e. The summed E-state index contributed by atoms with van der Waals surface area (Å²) in [6.07, 6.45) is 1.80. The summed E-state index contributed by atoms with van der Waals surface area (Å²) >= 11 is 2.29. The molecule has 0 fully saturated rings. The zero-order valence-corrected chi connectivity index (χ0v) is 14.4. The van der Waals surface area contributed by atoms with Crippen LogP contribution in [0.15, 0.2) is 83.0 Å². The van der Waals surface area contributed by atoms with Gasteiger partial charge in [-0.15, -0.1) is 5.10 Å². The molecule has 0 radical (unpaired) electrons. The molecule has 1 aliphatic carbocycles. The fourth-order valence-electron chi connectivity index (χ4n) is 2.80. The molecule has 0 saturated carbocycles. The second-order valence-electron chi connectivity index (χ2n) is 5.34. The first-order valence-corrected chi connectivity index (χ1v) is 8.46. The van der Waals surface area contributed by atoms with Crippen LogP contribution in [-0.4, -0.2) is 11.9 Å². The Balaban J connectivity index is 1.75. The summed E-state index contributed by atoms with van der Waals surface area (Å²) in [6, 6.07) is 24.9. The van der Waals surface area contributed by atoms with Crippen LogP contribution >= 0.6 is 22.6 Å². The zero-order valence-electron chi connectivity index (χ0n) is 12.3. The van der Waals surface area contributed by atoms with Crippen molar-refractivity contribution in [2.24, 2.45) is 10.2 Å². The Labute approximate surface area is 148 Å². The largest absolute Gasteiger partial charge is 0.158 e. The third-order valence-electron chi connectivity index (χ3n) is 3.89. The first kappa shape index (κ1) is 14.3. The van der Waals surface area contributed by atoms with Crippen molar-refractivity contribution in [3.63, 3.8) is 0 Å². The average molecular weight is 408 g/mol. The Morgan fingerprint density at radius 2 is 1.17 bits per heavy atom. The van der Waals surface area contributed by atoms with Crippen molar-refractivity contribution in [2.45, 2.75) is 0 Å². The van der Waals surface area contributed by atoms with Crippen LogP contribution in [0.2, 0.25) is 0 Å². The molecule has 3 aromatic carbocycles. The number of fused-ring (bicyclic) bond motifs is 3. The monoisotopic (exact) mass is 408 g/mol. The molecule has 23 heavy (non-hydrogen) atoms. The highest BCUT2D eigenvalue weighted by Crippen LogP contribution is 2.36. The van der Waals surface area contributed by atoms with Gasteiger partial charge < -0.3 is 0 Å². The maximum Gasteiger partial charge on any atom is 0.101 e. The van der Waals surface area contributed by atoms with Gasteiger partial charge in [-0.25, -0.2) is 0 Å². The van der Waals surface area contributed by atoms with E-state index in [1.165, 1.54) is 14.7 Å². The molecule has 0 spiro atoms. The first-order chi connectivity index (χ1) is 11.3. The Morgan fingerprint density at radius 1 is 0.652 bits per heavy atom. The average Bonchev–Trinajstić information content (AvgIpc) is 2.91. The fraction of sp³-hybridized carbons (Fsp3) is 0. The lowest BCUT2D eigenvalue weighted by atomic mass is 10.1. The topological polar surface area (TPSA) is 24.7 Å². The molecule has 110 valence electrons. The van der Waals surface area contributed by atoms with Gasteiger partial charge in [0.2, 0.25) is 0 Å². The van der Waals surface area contributed by atoms with Crippen LogP contribution in [0.4, 0.5) is 0 Å². The van der Waals surface area contributed by atoms with Crippen LogP contribution in [0, 0.1) is 3.57 Å². The molecule has 0 saturated heterocycles. The molecule has 3 aromatic rings. The molecule has 0 aromatic heterocycles. The van der Waals surface area contributed by atoms with Gasteiger partial charge in [-0.05, 0) is 51.4 Å². The van der Waals surface area contributed by atoms with Crippen LogP contribution in [0.25, 0.3) is 11.1 Å². The van der Waals surface area contributed by atoms with E-state index in [0.29, 0.717) is 0 Å². The van der Waals surface area contributed by atoms with Gasteiger partial charge in [-0.2, -0.15) is 5.10 Å². The SMILES string of the molecule is Ic1ccc(/C=N/N=C2c3ccccc3-c3ccccc32)cc1. The second-order valence-corrected chi connectivity index (χ2v) is 6.58. The van der Waals surface area contributed by atoms with Gasteiger partial charge in [0.1, 0.15) is 5.71 Å². The van der Waals surface area contributed by atoms with Gasteiger partial charge in [0.15, 0.2) is 0 Å². The third-order valence-corrected chi connectivity index (χ3v) is 4.61. The molecule has 0 atom stereocenters. The summed E-state index contributed by atoms with van der Waals surface area (Å²) in [7, 11) is 0. The van der Waals surface area contributed by atoms with E-state index >= 15 is 0 Å². The van der Waals surface area contributed by atoms with E-state index in [1.807, 2.05) is 24.3 Å². The Hall–Kier alpha value is -2.27. The van der Waals surface area contributed by atoms with Gasteiger partial charge in [0.25, 0.3) is 0 Å². The summed E-state index contributed by atoms with van der Waals surface area (Å²) in [5.74, 6) is 0. The van der Waals surface area contributed by atoms with Crippen molar-refractivity contribution < 1.29 is 0 Å². The first-order valence-electron chi connectivity index (χ1n) is 7.39. The van der Waals surface area contributed by atoms with Gasteiger partial charge >= 0.3 is 0 Å². The Kier molecular flexibility index (Phi) is 3.79. The van der Waals surface area contributed by atoms with Crippen molar-refractivity contribution in [1.82, 2.24) is 0 Å². The molecule has 0 N–H and O–H groups in total. The van der Waals surface area contributed by atoms with E-state index in [4.69, 9.17) is 0 Å². The third kappa shape index (κ3) is 2.72. The predicted molar refractivity (Wildman–Crippen MR) is 104 cm³/mol. The number of benzene rings is 3. The van der Waals surface area contributed by atoms with E-state index in [9.17, 15) is 0 Å². The lowest BCUT2D eigenvalue weighted by molar-refractivity contribution is 1.25. The summed E-state index contributed by atoms with van der Waals surface area (Å²) < 4.78 is 1.21. The minimum absolute atomic E-state index is 0.943. The quantitative estimate of drug-likeness (QED) is 0.249. The van der Waals surface area contributed by atoms with Gasteiger partial charge in [-0.3, -0.25) is 0 Å². The summed E-state index contributed by atoms with van der Waals surface area (Å²) in [4.78, 5) is 0. The van der Waals surface area contributed by atoms with Gasteiger partial charge in [0.05, 0.1) is 6.21 Å². The predicted octanol–water partition coefficient (Wildman–Crippen LogP) is 5.14. The lowest BCUT2D eigenvalue weighted by Crippen LogP contribution is -1.97. The van der Waals surface area contributed by atoms with Crippen molar-refractivity contribution in [3.8, 4) is 11.1 Å². The molecule has 1 aliphatic rings. The van der Waals surface area contributed by atoms with Crippen molar-refractivity contribution in [3.05, 3.63) is 93.1 Å². The Morgan fingerprint density at radius 3 is 1.74 bits per heavy atom. The lowest BCUT2D eigenvalue weighted by Gasteiger charge is -1.98. The van der Waals surface area contributed by atoms with E-state index in [0.717, 1.165) is 22.4 Å². The van der Waals surface area contributed by atoms with Crippen molar-refractivity contribution in [2.75, 3.05) is 0 Å². The summed E-state index contributed by atoms with van der Waals surface area (Å²) in [6.45, 7) is 0. The Bertz CT molecular complexity index is 877. The van der Waals surface area contributed by atoms with Gasteiger partial charge in [0, 0.05) is 14.7 Å². The minimum atomic E-state index is 0.943. The maximum absolute atomic E-state index is 4.51. The highest BCUT2D eigenvalue weighted by molar-refractivity contribution is 14.1. The van der Waals surface area contributed by atoms with E-state index in [-0.39, 0.29) is 0 Å². The summed E-state index contributed by atoms with van der Waals surface area (Å²) in [5.41, 5.74) is 6.74. The normalized spacial score (nSPS) is 12.3. The molecule has 0 unspecified atom stereocenters. The molecule has 2 nitrogen and oxygen atoms in total. The molecule has 3 heteroatoms. The van der Waals surface area contributed by atoms with Crippen LogP contribution in [-0.2, 0) is 0 Å². The van der Waals surface area contributed by atoms with Crippen LogP contribution in [0.3, 0.4) is 0 Å². The fourth-order valence-corrected chi connectivity index (χ4v) is 3.16. The standard InChI is InChI=1S/C20H13IN2/c21-15-11-9-14(10-12-15)13-22-23-20-18-7-3-1-5-16(18)17-6-2-4-8-19(17)20/h1-13H/b22-13+. The molecule has 0 heterocycles. The molecule has 0 bridgehead atoms. The van der Waals surface area contributed by atoms with Gasteiger partial charge in [-0.1, -0.05) is 60.7 Å². The zero-order chi connectivity index (χ0) is 15.6. The number of nitrogens with zero attached hydrogens (tertiary/aromatic N) is 2. The molecular weight excluding hydrogens is 395 g/mol. The van der Waals surface area contributed by atoms with Crippen molar-refractivity contribution >= 4 is 34.5 Å². The second kappa shape index (κ2) is 6.08. The van der Waals surface area contributed by atoms with Crippen molar-refractivity contribution in [1.29, 1.82) is 0 Å². The number of halogens is 1. The van der Waals surface area contributed by atoms with E-state index < -0.39 is 0 Å². The van der Waals surface area contributed by atoms with Crippen LogP contribution in [0.1, 0.15) is 16.7 Å². The van der Waals surface area contributed by atoms with Crippen LogP contribution in [0.5, 0.6) is 0 Å². The maximum atomic E-state index is 4.51. The highest BCUT2D eigenvalue weighted by Gasteiger charge is 2.23. The van der Waals surface area contributed by atoms with E-state index in [1.54, 1.807) is 6.21 Å². The number of hydrogen-bond donors (Lipinski definition) is 0. The number of rotatable bonds is 2. The van der Waals surface area contributed by atoms with E-state index in [2.05, 4.69) is 81.3 Å². The molecule has 0 amide bonds. The highest BCUT2D eigenvalue weighted by atomic mass is 127. The van der Waals surface area contributed by atoms with Crippen LogP contribution < -0.4 is 0 Å². The molecular formula is C20H13IN2. The molecule has 4 rings (SSSR count).